The van der Waals surface area contributed by atoms with Gasteiger partial charge in [-0.25, -0.2) is 4.79 Å². The number of methoxy groups -OCH3 is 1. The SMILES string of the molecule is COC(=O)C1C(=O)/C(=C\N(C)C)C(C)(C)N1CC(=O)c1ccccc1. The Morgan fingerprint density at radius 3 is 2.36 bits per heavy atom. The molecule has 1 unspecified atom stereocenters. The molecule has 0 radical (unpaired) electrons. The zero-order chi connectivity index (χ0) is 18.8. The zero-order valence-electron chi connectivity index (χ0n) is 15.3. The van der Waals surface area contributed by atoms with Gasteiger partial charge in [-0.1, -0.05) is 30.3 Å². The Balaban J connectivity index is 2.42. The molecule has 6 heteroatoms. The first kappa shape index (κ1) is 18.9. The summed E-state index contributed by atoms with van der Waals surface area (Å²) in [7, 11) is 4.86. The van der Waals surface area contributed by atoms with Gasteiger partial charge in [0.15, 0.2) is 17.6 Å². The van der Waals surface area contributed by atoms with Gasteiger partial charge in [0.05, 0.1) is 13.7 Å². The number of ether oxygens (including phenoxy) is 1. The molecule has 25 heavy (non-hydrogen) atoms. The normalized spacial score (nSPS) is 21.4. The van der Waals surface area contributed by atoms with Crippen molar-refractivity contribution in [2.75, 3.05) is 27.7 Å². The first-order valence-electron chi connectivity index (χ1n) is 8.06. The van der Waals surface area contributed by atoms with Crippen LogP contribution in [0.3, 0.4) is 0 Å². The van der Waals surface area contributed by atoms with E-state index in [9.17, 15) is 14.4 Å². The molecule has 0 bridgehead atoms. The van der Waals surface area contributed by atoms with Crippen LogP contribution in [0.1, 0.15) is 24.2 Å². The Morgan fingerprint density at radius 2 is 1.84 bits per heavy atom. The lowest BCUT2D eigenvalue weighted by atomic mass is 9.94. The Morgan fingerprint density at radius 1 is 1.24 bits per heavy atom. The average Bonchev–Trinajstić information content (AvgIpc) is 2.75. The number of rotatable bonds is 5. The number of likely N-dealkylation sites (tertiary alicyclic amines) is 1. The van der Waals surface area contributed by atoms with E-state index in [2.05, 4.69) is 0 Å². The Labute approximate surface area is 148 Å². The second kappa shape index (κ2) is 7.19. The van der Waals surface area contributed by atoms with Crippen LogP contribution in [-0.4, -0.2) is 66.7 Å². The molecule has 1 aliphatic heterocycles. The first-order valence-corrected chi connectivity index (χ1v) is 8.06. The molecule has 0 spiro atoms. The topological polar surface area (TPSA) is 66.9 Å². The molecule has 0 amide bonds. The van der Waals surface area contributed by atoms with Gasteiger partial charge < -0.3 is 9.64 Å². The Bertz CT molecular complexity index is 707. The molecular formula is C19H24N2O4. The molecule has 1 fully saturated rings. The zero-order valence-corrected chi connectivity index (χ0v) is 15.3. The maximum atomic E-state index is 12.8. The molecule has 1 aliphatic rings. The Kier molecular flexibility index (Phi) is 5.42. The van der Waals surface area contributed by atoms with Gasteiger partial charge in [0.1, 0.15) is 0 Å². The largest absolute Gasteiger partial charge is 0.467 e. The summed E-state index contributed by atoms with van der Waals surface area (Å²) in [6, 6.07) is 7.72. The van der Waals surface area contributed by atoms with E-state index in [4.69, 9.17) is 4.74 Å². The number of carbonyl (C=O) groups is 3. The number of nitrogens with zero attached hydrogens (tertiary/aromatic N) is 2. The molecule has 134 valence electrons. The fourth-order valence-corrected chi connectivity index (χ4v) is 3.05. The highest BCUT2D eigenvalue weighted by molar-refractivity contribution is 6.15. The Hall–Kier alpha value is -2.47. The van der Waals surface area contributed by atoms with E-state index in [1.54, 1.807) is 54.4 Å². The quantitative estimate of drug-likeness (QED) is 0.349. The van der Waals surface area contributed by atoms with E-state index in [0.29, 0.717) is 11.1 Å². The summed E-state index contributed by atoms with van der Waals surface area (Å²) in [5, 5.41) is 0. The van der Waals surface area contributed by atoms with E-state index in [1.165, 1.54) is 7.11 Å². The number of ketones is 2. The van der Waals surface area contributed by atoms with Crippen LogP contribution in [0.15, 0.2) is 42.1 Å². The molecule has 1 atom stereocenters. The average molecular weight is 344 g/mol. The maximum absolute atomic E-state index is 12.8. The fraction of sp³-hybridized carbons (Fsp3) is 0.421. The van der Waals surface area contributed by atoms with Crippen LogP contribution in [0.2, 0.25) is 0 Å². The second-order valence-corrected chi connectivity index (χ2v) is 6.77. The number of hydrogen-bond acceptors (Lipinski definition) is 6. The lowest BCUT2D eigenvalue weighted by molar-refractivity contribution is -0.149. The molecule has 6 nitrogen and oxygen atoms in total. The van der Waals surface area contributed by atoms with E-state index in [1.807, 2.05) is 19.9 Å². The van der Waals surface area contributed by atoms with Crippen molar-refractivity contribution in [3.8, 4) is 0 Å². The van der Waals surface area contributed by atoms with Crippen LogP contribution in [0.25, 0.3) is 0 Å². The van der Waals surface area contributed by atoms with Crippen molar-refractivity contribution < 1.29 is 19.1 Å². The number of hydrogen-bond donors (Lipinski definition) is 0. The third-order valence-corrected chi connectivity index (χ3v) is 4.42. The maximum Gasteiger partial charge on any atom is 0.331 e. The van der Waals surface area contributed by atoms with Gasteiger partial charge in [0.2, 0.25) is 0 Å². The van der Waals surface area contributed by atoms with E-state index < -0.39 is 17.6 Å². The standard InChI is InChI=1S/C19H24N2O4/c1-19(2)14(11-20(3)4)17(23)16(18(24)25-5)21(19)12-15(22)13-9-7-6-8-10-13/h6-11,16H,12H2,1-5H3/b14-11+. The minimum atomic E-state index is -1.11. The molecule has 1 aromatic carbocycles. The lowest BCUT2D eigenvalue weighted by Gasteiger charge is -2.33. The summed E-state index contributed by atoms with van der Waals surface area (Å²) < 4.78 is 4.82. The van der Waals surface area contributed by atoms with Crippen LogP contribution < -0.4 is 0 Å². The predicted molar refractivity (Wildman–Crippen MR) is 94.1 cm³/mol. The minimum absolute atomic E-state index is 0.0483. The van der Waals surface area contributed by atoms with Crippen molar-refractivity contribution in [2.24, 2.45) is 0 Å². The number of benzene rings is 1. The molecule has 0 aliphatic carbocycles. The van der Waals surface area contributed by atoms with Gasteiger partial charge >= 0.3 is 5.97 Å². The van der Waals surface area contributed by atoms with Gasteiger partial charge in [0, 0.05) is 37.0 Å². The van der Waals surface area contributed by atoms with Crippen LogP contribution in [0, 0.1) is 0 Å². The number of carbonyl (C=O) groups excluding carboxylic acids is 3. The summed E-state index contributed by atoms with van der Waals surface area (Å²) in [6.07, 6.45) is 1.70. The number of Topliss-reactive ketones (excluding diaryl/α,β-unsaturated/α-hetero) is 2. The third kappa shape index (κ3) is 3.64. The summed E-state index contributed by atoms with van der Waals surface area (Å²) in [5.74, 6) is -1.13. The van der Waals surface area contributed by atoms with E-state index in [0.717, 1.165) is 0 Å². The van der Waals surface area contributed by atoms with Crippen molar-refractivity contribution in [1.29, 1.82) is 0 Å². The van der Waals surface area contributed by atoms with E-state index in [-0.39, 0.29) is 18.1 Å². The van der Waals surface area contributed by atoms with Gasteiger partial charge in [0.25, 0.3) is 0 Å². The molecule has 2 rings (SSSR count). The summed E-state index contributed by atoms with van der Waals surface area (Å²) in [6.45, 7) is 3.62. The van der Waals surface area contributed by atoms with Crippen LogP contribution >= 0.6 is 0 Å². The van der Waals surface area contributed by atoms with Crippen molar-refractivity contribution in [1.82, 2.24) is 9.80 Å². The van der Waals surface area contributed by atoms with Gasteiger partial charge in [-0.3, -0.25) is 14.5 Å². The molecule has 1 aromatic rings. The second-order valence-electron chi connectivity index (χ2n) is 6.77. The fourth-order valence-electron chi connectivity index (χ4n) is 3.05. The molecular weight excluding hydrogens is 320 g/mol. The monoisotopic (exact) mass is 344 g/mol. The van der Waals surface area contributed by atoms with Crippen LogP contribution in [0.5, 0.6) is 0 Å². The van der Waals surface area contributed by atoms with Gasteiger partial charge in [-0.05, 0) is 13.8 Å². The molecule has 1 saturated heterocycles. The molecule has 1 heterocycles. The highest BCUT2D eigenvalue weighted by Gasteiger charge is 2.54. The smallest absolute Gasteiger partial charge is 0.331 e. The summed E-state index contributed by atoms with van der Waals surface area (Å²) >= 11 is 0. The van der Waals surface area contributed by atoms with Gasteiger partial charge in [-0.2, -0.15) is 0 Å². The molecule has 0 N–H and O–H groups in total. The molecule has 0 aromatic heterocycles. The van der Waals surface area contributed by atoms with Crippen LogP contribution in [0.4, 0.5) is 0 Å². The van der Waals surface area contributed by atoms with Crippen molar-refractivity contribution in [2.45, 2.75) is 25.4 Å². The number of esters is 1. The third-order valence-electron chi connectivity index (χ3n) is 4.42. The van der Waals surface area contributed by atoms with Crippen molar-refractivity contribution in [3.63, 3.8) is 0 Å². The summed E-state index contributed by atoms with van der Waals surface area (Å²) in [5.41, 5.74) is 0.248. The van der Waals surface area contributed by atoms with Crippen molar-refractivity contribution >= 4 is 17.5 Å². The highest BCUT2D eigenvalue weighted by atomic mass is 16.5. The summed E-state index contributed by atoms with van der Waals surface area (Å²) in [4.78, 5) is 41.1. The van der Waals surface area contributed by atoms with Crippen LogP contribution in [-0.2, 0) is 14.3 Å². The first-order chi connectivity index (χ1) is 11.7. The predicted octanol–water partition coefficient (Wildman–Crippen LogP) is 1.52. The van der Waals surface area contributed by atoms with E-state index >= 15 is 0 Å². The highest BCUT2D eigenvalue weighted by Crippen LogP contribution is 2.36. The minimum Gasteiger partial charge on any atom is -0.467 e. The van der Waals surface area contributed by atoms with Gasteiger partial charge in [-0.15, -0.1) is 0 Å². The molecule has 0 saturated carbocycles. The lowest BCUT2D eigenvalue weighted by Crippen LogP contribution is -2.50. The van der Waals surface area contributed by atoms with Crippen molar-refractivity contribution in [3.05, 3.63) is 47.7 Å².